The van der Waals surface area contributed by atoms with Crippen molar-refractivity contribution in [2.75, 3.05) is 13.1 Å². The predicted molar refractivity (Wildman–Crippen MR) is 88.2 cm³/mol. The summed E-state index contributed by atoms with van der Waals surface area (Å²) < 4.78 is 19.8. The second-order valence-corrected chi connectivity index (χ2v) is 6.41. The number of esters is 1. The summed E-state index contributed by atoms with van der Waals surface area (Å²) in [7, 11) is 0. The predicted octanol–water partition coefficient (Wildman–Crippen LogP) is 3.20. The fourth-order valence-corrected chi connectivity index (χ4v) is 3.64. The average Bonchev–Trinajstić information content (AvgIpc) is 2.87. The van der Waals surface area contributed by atoms with E-state index in [1.165, 1.54) is 6.07 Å². The molecule has 0 aliphatic carbocycles. The van der Waals surface area contributed by atoms with Crippen molar-refractivity contribution in [2.24, 2.45) is 0 Å². The summed E-state index contributed by atoms with van der Waals surface area (Å²) in [5, 5.41) is 3.29. The Bertz CT molecular complexity index is 813. The maximum atomic E-state index is 14.1. The lowest BCUT2D eigenvalue weighted by molar-refractivity contribution is -0.0241. The van der Waals surface area contributed by atoms with Gasteiger partial charge in [0.25, 0.3) is 0 Å². The third-order valence-corrected chi connectivity index (χ3v) is 5.04. The molecule has 124 valence electrons. The zero-order chi connectivity index (χ0) is 16.7. The summed E-state index contributed by atoms with van der Waals surface area (Å²) in [6, 6.07) is 7.08. The Hall–Kier alpha value is -2.27. The molecular formula is C19H19FN2O2. The zero-order valence-electron chi connectivity index (χ0n) is 13.6. The summed E-state index contributed by atoms with van der Waals surface area (Å²) in [5.74, 6) is -0.528. The lowest BCUT2D eigenvalue weighted by Crippen LogP contribution is -2.40. The van der Waals surface area contributed by atoms with E-state index in [-0.39, 0.29) is 11.8 Å². The molecule has 2 aliphatic rings. The number of aryl methyl sites for hydroxylation is 1. The largest absolute Gasteiger partial charge is 0.450 e. The van der Waals surface area contributed by atoms with E-state index in [9.17, 15) is 9.18 Å². The molecule has 1 fully saturated rings. The number of hydrogen-bond acceptors (Lipinski definition) is 4. The second kappa shape index (κ2) is 5.67. The number of nitrogens with one attached hydrogen (secondary N) is 1. The molecule has 2 aromatic rings. The first kappa shape index (κ1) is 15.3. The summed E-state index contributed by atoms with van der Waals surface area (Å²) in [6.45, 7) is 3.55. The molecule has 24 heavy (non-hydrogen) atoms. The molecule has 1 aromatic carbocycles. The third kappa shape index (κ3) is 2.31. The highest BCUT2D eigenvalue weighted by Gasteiger charge is 2.46. The Morgan fingerprint density at radius 3 is 2.79 bits per heavy atom. The molecule has 1 N–H and O–H groups in total. The molecule has 3 heterocycles. The number of rotatable bonds is 2. The SMILES string of the molecule is CCc1ccc(-c2cc3c(cn2)C(=O)OC32CCNCC2)cc1F. The molecule has 0 radical (unpaired) electrons. The first-order valence-corrected chi connectivity index (χ1v) is 8.36. The van der Waals surface area contributed by atoms with Gasteiger partial charge in [-0.2, -0.15) is 0 Å². The summed E-state index contributed by atoms with van der Waals surface area (Å²) in [4.78, 5) is 16.5. The molecule has 4 rings (SSSR count). The van der Waals surface area contributed by atoms with Crippen molar-refractivity contribution in [2.45, 2.75) is 31.8 Å². The van der Waals surface area contributed by atoms with Crippen molar-refractivity contribution in [3.63, 3.8) is 0 Å². The normalized spacial score (nSPS) is 18.5. The smallest absolute Gasteiger partial charge is 0.341 e. The van der Waals surface area contributed by atoms with Crippen LogP contribution in [0.3, 0.4) is 0 Å². The minimum absolute atomic E-state index is 0.221. The van der Waals surface area contributed by atoms with Crippen molar-refractivity contribution < 1.29 is 13.9 Å². The highest BCUT2D eigenvalue weighted by molar-refractivity contribution is 5.95. The molecule has 2 aliphatic heterocycles. The fraction of sp³-hybridized carbons (Fsp3) is 0.368. The van der Waals surface area contributed by atoms with Crippen LogP contribution in [0.15, 0.2) is 30.5 Å². The topological polar surface area (TPSA) is 51.2 Å². The van der Waals surface area contributed by atoms with E-state index in [1.807, 2.05) is 19.1 Å². The maximum absolute atomic E-state index is 14.1. The van der Waals surface area contributed by atoms with Crippen molar-refractivity contribution >= 4 is 5.97 Å². The van der Waals surface area contributed by atoms with Gasteiger partial charge in [-0.25, -0.2) is 9.18 Å². The maximum Gasteiger partial charge on any atom is 0.341 e. The molecule has 0 unspecified atom stereocenters. The van der Waals surface area contributed by atoms with Crippen LogP contribution in [0, 0.1) is 5.82 Å². The number of piperidine rings is 1. The van der Waals surface area contributed by atoms with Crippen LogP contribution >= 0.6 is 0 Å². The number of nitrogens with zero attached hydrogens (tertiary/aromatic N) is 1. The number of halogens is 1. The summed E-state index contributed by atoms with van der Waals surface area (Å²) in [6.07, 6.45) is 3.72. The summed E-state index contributed by atoms with van der Waals surface area (Å²) in [5.41, 5.74) is 2.94. The lowest BCUT2D eigenvalue weighted by Gasteiger charge is -2.33. The van der Waals surface area contributed by atoms with Gasteiger partial charge in [-0.1, -0.05) is 19.1 Å². The minimum atomic E-state index is -0.558. The van der Waals surface area contributed by atoms with Gasteiger partial charge in [0.1, 0.15) is 11.4 Å². The van der Waals surface area contributed by atoms with Gasteiger partial charge in [-0.15, -0.1) is 0 Å². The van der Waals surface area contributed by atoms with Crippen LogP contribution in [0.4, 0.5) is 4.39 Å². The van der Waals surface area contributed by atoms with Crippen molar-refractivity contribution in [3.8, 4) is 11.3 Å². The van der Waals surface area contributed by atoms with Crippen LogP contribution in [0.5, 0.6) is 0 Å². The van der Waals surface area contributed by atoms with Gasteiger partial charge in [-0.05, 0) is 37.2 Å². The Balaban J connectivity index is 1.79. The highest BCUT2D eigenvalue weighted by atomic mass is 19.1. The molecule has 5 heteroatoms. The van der Waals surface area contributed by atoms with Crippen LogP contribution < -0.4 is 5.32 Å². The van der Waals surface area contributed by atoms with Gasteiger partial charge in [-0.3, -0.25) is 4.98 Å². The van der Waals surface area contributed by atoms with E-state index in [0.717, 1.165) is 37.1 Å². The second-order valence-electron chi connectivity index (χ2n) is 6.41. The number of hydrogen-bond donors (Lipinski definition) is 1. The quantitative estimate of drug-likeness (QED) is 0.861. The van der Waals surface area contributed by atoms with Gasteiger partial charge in [0.05, 0.1) is 11.3 Å². The average molecular weight is 326 g/mol. The molecule has 1 aromatic heterocycles. The molecule has 0 amide bonds. The molecule has 4 nitrogen and oxygen atoms in total. The number of carbonyl (C=O) groups excluding carboxylic acids is 1. The van der Waals surface area contributed by atoms with Crippen LogP contribution in [-0.2, 0) is 16.8 Å². The minimum Gasteiger partial charge on any atom is -0.450 e. The first-order chi connectivity index (χ1) is 11.6. The molecule has 1 spiro atoms. The van der Waals surface area contributed by atoms with Crippen LogP contribution in [0.1, 0.15) is 41.3 Å². The van der Waals surface area contributed by atoms with Gasteiger partial charge in [0, 0.05) is 30.2 Å². The van der Waals surface area contributed by atoms with E-state index in [0.29, 0.717) is 23.2 Å². The van der Waals surface area contributed by atoms with Crippen molar-refractivity contribution in [1.82, 2.24) is 10.3 Å². The van der Waals surface area contributed by atoms with E-state index in [1.54, 1.807) is 12.3 Å². The Kier molecular flexibility index (Phi) is 3.61. The van der Waals surface area contributed by atoms with E-state index in [4.69, 9.17) is 4.74 Å². The number of pyridine rings is 1. The molecule has 1 saturated heterocycles. The molecule has 0 atom stereocenters. The van der Waals surface area contributed by atoms with Gasteiger partial charge in [0.15, 0.2) is 0 Å². The highest BCUT2D eigenvalue weighted by Crippen LogP contribution is 2.43. The zero-order valence-corrected chi connectivity index (χ0v) is 13.6. The number of aromatic nitrogens is 1. The van der Waals surface area contributed by atoms with E-state index in [2.05, 4.69) is 10.3 Å². The lowest BCUT2D eigenvalue weighted by atomic mass is 9.84. The van der Waals surface area contributed by atoms with Crippen molar-refractivity contribution in [3.05, 3.63) is 53.0 Å². The van der Waals surface area contributed by atoms with Gasteiger partial charge in [0.2, 0.25) is 0 Å². The first-order valence-electron chi connectivity index (χ1n) is 8.36. The van der Waals surface area contributed by atoms with E-state index < -0.39 is 5.60 Å². The van der Waals surface area contributed by atoms with Gasteiger partial charge >= 0.3 is 5.97 Å². The van der Waals surface area contributed by atoms with Gasteiger partial charge < -0.3 is 10.1 Å². The molecule has 0 saturated carbocycles. The van der Waals surface area contributed by atoms with Crippen LogP contribution in [-0.4, -0.2) is 24.0 Å². The molecular weight excluding hydrogens is 307 g/mol. The monoisotopic (exact) mass is 326 g/mol. The van der Waals surface area contributed by atoms with E-state index >= 15 is 0 Å². The third-order valence-electron chi connectivity index (χ3n) is 5.04. The number of benzene rings is 1. The van der Waals surface area contributed by atoms with Crippen LogP contribution in [0.25, 0.3) is 11.3 Å². The standard InChI is InChI=1S/C19H19FN2O2/c1-2-12-3-4-13(9-16(12)20)17-10-15-14(11-22-17)18(23)24-19(15)5-7-21-8-6-19/h3-4,9-11,21H,2,5-8H2,1H3. The molecule has 0 bridgehead atoms. The Labute approximate surface area is 140 Å². The number of carbonyl (C=O) groups is 1. The fourth-order valence-electron chi connectivity index (χ4n) is 3.64. The number of ether oxygens (including phenoxy) is 1. The Morgan fingerprint density at radius 2 is 2.08 bits per heavy atom. The van der Waals surface area contributed by atoms with Crippen LogP contribution in [0.2, 0.25) is 0 Å². The summed E-state index contributed by atoms with van der Waals surface area (Å²) >= 11 is 0. The van der Waals surface area contributed by atoms with Crippen molar-refractivity contribution in [1.29, 1.82) is 0 Å². The Morgan fingerprint density at radius 1 is 1.29 bits per heavy atom. The number of fused-ring (bicyclic) bond motifs is 2.